The first-order chi connectivity index (χ1) is 65.8. The van der Waals surface area contributed by atoms with Crippen LogP contribution in [0, 0.1) is 188 Å². The van der Waals surface area contributed by atoms with Crippen molar-refractivity contribution in [2.45, 2.75) is 485 Å². The van der Waals surface area contributed by atoms with E-state index in [1.807, 2.05) is 19.1 Å². The van der Waals surface area contributed by atoms with E-state index in [0.29, 0.717) is 144 Å². The lowest BCUT2D eigenvalue weighted by Gasteiger charge is -2.70. The van der Waals surface area contributed by atoms with Crippen molar-refractivity contribution < 1.29 is 74.7 Å². The lowest BCUT2D eigenvalue weighted by molar-refractivity contribution is -0.264. The highest BCUT2D eigenvalue weighted by Gasteiger charge is 2.72. The minimum absolute atomic E-state index is 0.00105. The third kappa shape index (κ3) is 21.2. The molecule has 141 heavy (non-hydrogen) atoms. The molecule has 14 saturated carbocycles. The van der Waals surface area contributed by atoms with Crippen LogP contribution in [0.2, 0.25) is 0 Å². The molecule has 18 rings (SSSR count). The maximum absolute atomic E-state index is 12.7. The Kier molecular flexibility index (Phi) is 35.6. The fourth-order valence-corrected chi connectivity index (χ4v) is 38.7. The number of allylic oxidation sites excluding steroid dienone is 5. The average molecular weight is 1980 g/mol. The number of ketones is 3. The van der Waals surface area contributed by atoms with Crippen molar-refractivity contribution in [2.24, 2.45) is 188 Å². The van der Waals surface area contributed by atoms with Gasteiger partial charge in [0.15, 0.2) is 10.8 Å². The van der Waals surface area contributed by atoms with E-state index < -0.39 is 17.6 Å². The van der Waals surface area contributed by atoms with Gasteiger partial charge in [-0.05, 0) is 430 Å². The van der Waals surface area contributed by atoms with Gasteiger partial charge in [0.1, 0.15) is 17.9 Å². The third-order valence-corrected chi connectivity index (χ3v) is 48.1. The minimum Gasteiger partial charge on any atom is -0.487 e. The number of rotatable bonds is 9. The van der Waals surface area contributed by atoms with E-state index in [1.54, 1.807) is 6.92 Å². The highest BCUT2D eigenvalue weighted by atomic mass is 32.1. The van der Waals surface area contributed by atoms with Crippen LogP contribution >= 0.6 is 12.2 Å². The van der Waals surface area contributed by atoms with Gasteiger partial charge in [0, 0.05) is 67.2 Å². The molecule has 14 fully saturated rings. The van der Waals surface area contributed by atoms with Gasteiger partial charge in [0.25, 0.3) is 0 Å². The van der Waals surface area contributed by atoms with Gasteiger partial charge in [-0.3, -0.25) is 19.2 Å². The predicted octanol–water partition coefficient (Wildman–Crippen LogP) is 25.1. The number of carbonyl (C=O) groups excluding carboxylic acids is 5. The number of fused-ring (bicyclic) bond motifs is 18. The molecule has 802 valence electrons. The molecule has 0 aliphatic heterocycles. The van der Waals surface area contributed by atoms with Crippen molar-refractivity contribution >= 4 is 46.8 Å². The van der Waals surface area contributed by atoms with Crippen LogP contribution in [0.25, 0.3) is 0 Å². The standard InChI is InChI=1S/C27H45NO5S.2C20H34O2.C19H32O2.2C19H30O2/c1-6-7-23(32)28-15-19-8-9-20-26(16-29,22(31)14-19)13-12-25(5)24(3,4)21(30)10-11-27(20,25)17-33-18(2)34;1-13-11-14(12-21)5-7-16-15(13)6-8-17-19(2,3)18(22)9-10-20(16,17)4;1-5-13-6-8-15-14(16(21)12-13)7-9-17-19(2,3)18(22)10-11-20(15,17)4;3*1-12-5-7-14-13(15(20)11-12)6-8-16-18(2,3)17(21)9-10-19(14,16)4/h14,20-22,29-31H,6-13,15-17H2,1-5H3,(H,28,32);12-18,22H,5-11H2,1-4H3;6,14-18,21-22H,5,7-12H2,1-4H3;12-14,16-17,21H,5-11H2,1-4H3;11,13-14,16-17,21H,5-10H2,1-4H3;5,13-14,16-17,21H,6-11H2,1-4H3. The van der Waals surface area contributed by atoms with Gasteiger partial charge < -0.3 is 60.8 Å². The maximum atomic E-state index is 12.7. The van der Waals surface area contributed by atoms with Gasteiger partial charge in [0.2, 0.25) is 5.91 Å². The highest BCUT2D eigenvalue weighted by molar-refractivity contribution is 7.80. The summed E-state index contributed by atoms with van der Waals surface area (Å²) < 4.78 is 6.10. The first kappa shape index (κ1) is 115. The van der Waals surface area contributed by atoms with Gasteiger partial charge in [-0.25, -0.2) is 0 Å². The summed E-state index contributed by atoms with van der Waals surface area (Å²) in [6.07, 6.45) is 48.2. The van der Waals surface area contributed by atoms with Gasteiger partial charge in [-0.2, -0.15) is 0 Å². The summed E-state index contributed by atoms with van der Waals surface area (Å²) in [6, 6.07) is 0. The van der Waals surface area contributed by atoms with E-state index in [1.165, 1.54) is 68.0 Å². The second kappa shape index (κ2) is 43.8. The van der Waals surface area contributed by atoms with E-state index in [4.69, 9.17) is 17.0 Å². The van der Waals surface area contributed by atoms with Crippen LogP contribution in [0.15, 0.2) is 46.6 Å². The number of Topliss-reactive ketones (excluding diaryl/α,β-unsaturated/α-hetero) is 2. The molecule has 0 saturated heterocycles. The summed E-state index contributed by atoms with van der Waals surface area (Å²) in [5.41, 5.74) is 4.63. The Morgan fingerprint density at radius 2 is 0.929 bits per heavy atom. The molecule has 0 aromatic carbocycles. The summed E-state index contributed by atoms with van der Waals surface area (Å²) in [7, 11) is 0. The molecular weight excluding hydrogens is 1780 g/mol. The first-order valence-electron chi connectivity index (χ1n) is 58.0. The van der Waals surface area contributed by atoms with E-state index in [9.17, 15) is 69.9 Å². The number of hydrogen-bond donors (Lipinski definition) is 10. The monoisotopic (exact) mass is 1980 g/mol. The second-order valence-corrected chi connectivity index (χ2v) is 57.3. The number of amides is 1. The van der Waals surface area contributed by atoms with E-state index >= 15 is 0 Å². The molecule has 35 unspecified atom stereocenters. The Morgan fingerprint density at radius 3 is 1.43 bits per heavy atom. The Balaban J connectivity index is 0.000000144. The topological polar surface area (TPSA) is 289 Å². The van der Waals surface area contributed by atoms with Crippen molar-refractivity contribution in [1.29, 1.82) is 0 Å². The van der Waals surface area contributed by atoms with Crippen molar-refractivity contribution in [1.82, 2.24) is 5.32 Å². The molecule has 16 nitrogen and oxygen atoms in total. The van der Waals surface area contributed by atoms with Crippen molar-refractivity contribution in [3.05, 3.63) is 46.6 Å². The molecule has 0 aromatic rings. The molecule has 0 heterocycles. The fraction of sp³-hybridized carbons (Fsp3) is 0.887. The quantitative estimate of drug-likeness (QED) is 0.0583. The van der Waals surface area contributed by atoms with Crippen LogP contribution < -0.4 is 5.32 Å². The molecule has 0 bridgehead atoms. The molecule has 18 aliphatic rings. The van der Waals surface area contributed by atoms with Gasteiger partial charge in [0.05, 0.1) is 62.0 Å². The second-order valence-electron chi connectivity index (χ2n) is 56.7. The number of aldehydes is 1. The predicted molar refractivity (Wildman–Crippen MR) is 572 cm³/mol. The van der Waals surface area contributed by atoms with Gasteiger partial charge in [-0.15, -0.1) is 0 Å². The number of aliphatic hydroxyl groups excluding tert-OH is 9. The zero-order chi connectivity index (χ0) is 104. The van der Waals surface area contributed by atoms with Gasteiger partial charge >= 0.3 is 0 Å². The summed E-state index contributed by atoms with van der Waals surface area (Å²) in [5, 5.41) is 100. The fourth-order valence-electron chi connectivity index (χ4n) is 38.6. The van der Waals surface area contributed by atoms with Crippen LogP contribution in [-0.2, 0) is 28.7 Å². The normalized spacial score (nSPS) is 46.1. The molecule has 1 amide bonds. The van der Waals surface area contributed by atoms with Crippen molar-refractivity contribution in [3.63, 3.8) is 0 Å². The van der Waals surface area contributed by atoms with E-state index in [-0.39, 0.29) is 138 Å². The Labute approximate surface area is 861 Å². The lowest BCUT2D eigenvalue weighted by atomic mass is 9.35. The zero-order valence-electron chi connectivity index (χ0n) is 93.5. The summed E-state index contributed by atoms with van der Waals surface area (Å²) in [5.74, 6) is 10.7. The summed E-state index contributed by atoms with van der Waals surface area (Å²) in [4.78, 5) is 61.2. The first-order valence-corrected chi connectivity index (χ1v) is 58.4. The molecule has 0 radical (unpaired) electrons. The smallest absolute Gasteiger partial charge is 0.220 e. The number of nitrogens with one attached hydrogen (secondary N) is 1. The van der Waals surface area contributed by atoms with E-state index in [0.717, 1.165) is 210 Å². The van der Waals surface area contributed by atoms with Crippen molar-refractivity contribution in [3.8, 4) is 0 Å². The molecule has 0 spiro atoms. The molecule has 0 aromatic heterocycles. The zero-order valence-corrected chi connectivity index (χ0v) is 94.3. The summed E-state index contributed by atoms with van der Waals surface area (Å²) >= 11 is 5.30. The van der Waals surface area contributed by atoms with Crippen LogP contribution in [0.3, 0.4) is 0 Å². The minimum atomic E-state index is -0.812. The van der Waals surface area contributed by atoms with Crippen LogP contribution in [0.1, 0.15) is 436 Å². The molecule has 35 atom stereocenters. The number of aliphatic hydroxyl groups is 9. The van der Waals surface area contributed by atoms with Crippen LogP contribution in [0.5, 0.6) is 0 Å². The maximum Gasteiger partial charge on any atom is 0.220 e. The highest BCUT2D eigenvalue weighted by Crippen LogP contribution is 2.75. The van der Waals surface area contributed by atoms with Crippen LogP contribution in [-0.4, -0.2) is 149 Å². The summed E-state index contributed by atoms with van der Waals surface area (Å²) in [6.45, 7) is 56.9. The lowest BCUT2D eigenvalue weighted by Crippen LogP contribution is -2.69. The van der Waals surface area contributed by atoms with Gasteiger partial charge in [-0.1, -0.05) is 193 Å². The largest absolute Gasteiger partial charge is 0.487 e. The molecular formula is C124H205NO15S. The number of hydrogen-bond acceptors (Lipinski definition) is 16. The number of thiocarbonyl (C=S) groups is 1. The Bertz CT molecular complexity index is 4450. The average Bonchev–Trinajstić information content (AvgIpc) is 1.49. The molecule has 17 heteroatoms. The Hall–Kier alpha value is -3.36. The van der Waals surface area contributed by atoms with Crippen LogP contribution in [0.4, 0.5) is 0 Å². The number of carbonyl (C=O) groups is 5. The Morgan fingerprint density at radius 1 is 0.468 bits per heavy atom. The third-order valence-electron chi connectivity index (χ3n) is 48.0. The molecule has 18 aliphatic carbocycles. The van der Waals surface area contributed by atoms with E-state index in [2.05, 4.69) is 177 Å². The molecule has 10 N–H and O–H groups in total. The SMILES string of the molecule is CC1=CC(=O)C2CCC3C(C)(C)C(O)CCC3(C)C2CC1.CC1=CCC2C(CCC3C(C)(C)C(O)CCC23C)C(=O)C1.CC1CC(C=O)CCC2C1CCC1C(C)(C)C(O)CCC21C.CC1CCC2C(CCC3C(C)(C)C(O)CCC23C)C(=O)C1.CCC1=CCC2C(CCC3C(C)(C)C(O)CCC23C)C(O)C1.CCCC(=O)NCC1=CC(O)C2(CO)CCC3(C)C(C)(C)C(O)CCC3(COC(C)=S)C2CC1. The van der Waals surface area contributed by atoms with Crippen molar-refractivity contribution in [2.75, 3.05) is 19.8 Å². The number of ether oxygens (including phenoxy) is 1.